The lowest BCUT2D eigenvalue weighted by Gasteiger charge is -2.25. The average Bonchev–Trinajstić information content (AvgIpc) is 1.89. The molecule has 1 atom stereocenters. The lowest BCUT2D eigenvalue weighted by atomic mass is 10.1. The first kappa shape index (κ1) is 10.3. The molecule has 0 aromatic rings. The van der Waals surface area contributed by atoms with Crippen molar-refractivity contribution in [3.05, 3.63) is 0 Å². The van der Waals surface area contributed by atoms with Crippen LogP contribution in [-0.4, -0.2) is 42.3 Å². The molecule has 0 fully saturated rings. The van der Waals surface area contributed by atoms with Crippen molar-refractivity contribution < 1.29 is 24.5 Å². The Morgan fingerprint density at radius 3 is 1.91 bits per heavy atom. The second-order valence-electron chi connectivity index (χ2n) is 2.26. The molecule has 0 aromatic heterocycles. The minimum atomic E-state index is -2.01. The summed E-state index contributed by atoms with van der Waals surface area (Å²) in [5.41, 5.74) is -2.01. The highest BCUT2D eigenvalue weighted by atomic mass is 16.7. The van der Waals surface area contributed by atoms with Gasteiger partial charge in [-0.3, -0.25) is 0 Å². The topological polar surface area (TPSA) is 76.0 Å². The molecular formula is C6H12O5. The van der Waals surface area contributed by atoms with Crippen LogP contribution in [0.5, 0.6) is 0 Å². The molecule has 66 valence electrons. The molecule has 0 amide bonds. The Hall–Kier alpha value is -0.650. The van der Waals surface area contributed by atoms with E-state index in [4.69, 9.17) is 5.11 Å². The molecule has 0 bridgehead atoms. The molecule has 5 nitrogen and oxygen atoms in total. The fourth-order valence-corrected chi connectivity index (χ4v) is 0.656. The summed E-state index contributed by atoms with van der Waals surface area (Å²) in [7, 11) is 2.51. The second-order valence-corrected chi connectivity index (χ2v) is 2.26. The number of aliphatic carboxylic acids is 1. The minimum Gasteiger partial charge on any atom is -0.479 e. The van der Waals surface area contributed by atoms with Gasteiger partial charge in [-0.2, -0.15) is 0 Å². The third-order valence-electron chi connectivity index (χ3n) is 1.32. The van der Waals surface area contributed by atoms with Crippen LogP contribution in [0.1, 0.15) is 6.92 Å². The third kappa shape index (κ3) is 2.14. The molecule has 0 spiro atoms. The maximum absolute atomic E-state index is 10.4. The molecular weight excluding hydrogens is 152 g/mol. The van der Waals surface area contributed by atoms with Gasteiger partial charge in [0, 0.05) is 14.2 Å². The van der Waals surface area contributed by atoms with Crippen LogP contribution in [-0.2, 0) is 14.3 Å². The number of hydrogen-bond donors (Lipinski definition) is 2. The number of ether oxygens (including phenoxy) is 2. The van der Waals surface area contributed by atoms with Crippen LogP contribution in [0.3, 0.4) is 0 Å². The van der Waals surface area contributed by atoms with Crippen molar-refractivity contribution >= 4 is 5.97 Å². The molecule has 0 radical (unpaired) electrons. The van der Waals surface area contributed by atoms with E-state index in [2.05, 4.69) is 9.47 Å². The van der Waals surface area contributed by atoms with Crippen molar-refractivity contribution in [1.82, 2.24) is 0 Å². The van der Waals surface area contributed by atoms with Gasteiger partial charge in [-0.05, 0) is 6.92 Å². The summed E-state index contributed by atoms with van der Waals surface area (Å²) in [4.78, 5) is 10.4. The minimum absolute atomic E-state index is 1.10. The fourth-order valence-electron chi connectivity index (χ4n) is 0.656. The number of aliphatic hydroxyl groups is 1. The Kier molecular flexibility index (Phi) is 3.44. The first-order chi connectivity index (χ1) is 4.96. The fraction of sp³-hybridized carbons (Fsp3) is 0.833. The van der Waals surface area contributed by atoms with E-state index in [1.165, 1.54) is 14.2 Å². The summed E-state index contributed by atoms with van der Waals surface area (Å²) in [5.74, 6) is -1.38. The number of hydrogen-bond acceptors (Lipinski definition) is 4. The summed E-state index contributed by atoms with van der Waals surface area (Å²) in [5, 5.41) is 17.7. The van der Waals surface area contributed by atoms with E-state index in [-0.39, 0.29) is 0 Å². The standard InChI is InChI=1S/C6H12O5/c1-6(9,4(7)8)5(10-2)11-3/h5,9H,1-3H3,(H,7,8)/t6-/m0/s1. The highest BCUT2D eigenvalue weighted by molar-refractivity contribution is 5.77. The number of carboxylic acids is 1. The summed E-state index contributed by atoms with van der Waals surface area (Å²) in [6.07, 6.45) is -1.15. The molecule has 2 N–H and O–H groups in total. The van der Waals surface area contributed by atoms with Crippen molar-refractivity contribution in [2.45, 2.75) is 18.8 Å². The van der Waals surface area contributed by atoms with Gasteiger partial charge >= 0.3 is 5.97 Å². The maximum Gasteiger partial charge on any atom is 0.340 e. The summed E-state index contributed by atoms with van der Waals surface area (Å²) in [6, 6.07) is 0. The lowest BCUT2D eigenvalue weighted by Crippen LogP contribution is -2.48. The number of carbonyl (C=O) groups is 1. The molecule has 0 heterocycles. The van der Waals surface area contributed by atoms with Gasteiger partial charge in [-0.15, -0.1) is 0 Å². The van der Waals surface area contributed by atoms with Gasteiger partial charge in [0.25, 0.3) is 0 Å². The van der Waals surface area contributed by atoms with Crippen LogP contribution < -0.4 is 0 Å². The quantitative estimate of drug-likeness (QED) is 0.545. The van der Waals surface area contributed by atoms with E-state index in [9.17, 15) is 9.90 Å². The first-order valence-corrected chi connectivity index (χ1v) is 2.98. The monoisotopic (exact) mass is 164 g/mol. The summed E-state index contributed by atoms with van der Waals surface area (Å²) in [6.45, 7) is 1.10. The predicted octanol–water partition coefficient (Wildman–Crippen LogP) is -0.559. The number of methoxy groups -OCH3 is 2. The summed E-state index contributed by atoms with van der Waals surface area (Å²) < 4.78 is 9.14. The highest BCUT2D eigenvalue weighted by Gasteiger charge is 2.40. The lowest BCUT2D eigenvalue weighted by molar-refractivity contribution is -0.219. The van der Waals surface area contributed by atoms with Crippen LogP contribution in [0, 0.1) is 0 Å². The zero-order valence-corrected chi connectivity index (χ0v) is 6.70. The Labute approximate surface area is 64.5 Å². The molecule has 0 rings (SSSR count). The van der Waals surface area contributed by atoms with Gasteiger partial charge in [0.1, 0.15) is 0 Å². The average molecular weight is 164 g/mol. The van der Waals surface area contributed by atoms with Gasteiger partial charge in [-0.1, -0.05) is 0 Å². The van der Waals surface area contributed by atoms with Crippen LogP contribution in [0.4, 0.5) is 0 Å². The molecule has 11 heavy (non-hydrogen) atoms. The van der Waals surface area contributed by atoms with E-state index in [1.807, 2.05) is 0 Å². The summed E-state index contributed by atoms with van der Waals surface area (Å²) >= 11 is 0. The van der Waals surface area contributed by atoms with Crippen LogP contribution in [0.25, 0.3) is 0 Å². The molecule has 0 aromatic carbocycles. The van der Waals surface area contributed by atoms with Crippen molar-refractivity contribution in [1.29, 1.82) is 0 Å². The molecule has 0 aliphatic carbocycles. The van der Waals surface area contributed by atoms with Crippen molar-refractivity contribution in [3.8, 4) is 0 Å². The Balaban J connectivity index is 4.36. The largest absolute Gasteiger partial charge is 0.479 e. The van der Waals surface area contributed by atoms with Crippen LogP contribution >= 0.6 is 0 Å². The number of carboxylic acid groups (broad SMARTS) is 1. The number of rotatable bonds is 4. The van der Waals surface area contributed by atoms with Crippen molar-refractivity contribution in [2.24, 2.45) is 0 Å². The van der Waals surface area contributed by atoms with E-state index in [0.717, 1.165) is 6.92 Å². The van der Waals surface area contributed by atoms with Gasteiger partial charge in [-0.25, -0.2) is 4.79 Å². The highest BCUT2D eigenvalue weighted by Crippen LogP contribution is 2.13. The molecule has 0 aliphatic heterocycles. The van der Waals surface area contributed by atoms with E-state index >= 15 is 0 Å². The Morgan fingerprint density at radius 2 is 1.82 bits per heavy atom. The maximum atomic E-state index is 10.4. The van der Waals surface area contributed by atoms with Gasteiger partial charge in [0.2, 0.25) is 5.60 Å². The predicted molar refractivity (Wildman–Crippen MR) is 36.1 cm³/mol. The zero-order valence-electron chi connectivity index (χ0n) is 6.70. The normalized spacial score (nSPS) is 16.5. The van der Waals surface area contributed by atoms with Crippen molar-refractivity contribution in [2.75, 3.05) is 14.2 Å². The Bertz CT molecular complexity index is 138. The molecule has 5 heteroatoms. The zero-order chi connectivity index (χ0) is 9.07. The van der Waals surface area contributed by atoms with Crippen LogP contribution in [0.15, 0.2) is 0 Å². The second kappa shape index (κ2) is 3.66. The molecule has 0 aliphatic rings. The Morgan fingerprint density at radius 1 is 1.45 bits per heavy atom. The van der Waals surface area contributed by atoms with Crippen LogP contribution in [0.2, 0.25) is 0 Å². The van der Waals surface area contributed by atoms with E-state index in [1.54, 1.807) is 0 Å². The van der Waals surface area contributed by atoms with Gasteiger partial charge in [0.05, 0.1) is 0 Å². The molecule has 0 saturated carbocycles. The first-order valence-electron chi connectivity index (χ1n) is 2.98. The third-order valence-corrected chi connectivity index (χ3v) is 1.32. The van der Waals surface area contributed by atoms with Crippen molar-refractivity contribution in [3.63, 3.8) is 0 Å². The molecule has 0 unspecified atom stereocenters. The molecule has 0 saturated heterocycles. The van der Waals surface area contributed by atoms with E-state index in [0.29, 0.717) is 0 Å². The smallest absolute Gasteiger partial charge is 0.340 e. The van der Waals surface area contributed by atoms with E-state index < -0.39 is 17.9 Å². The SMILES string of the molecule is COC(OC)[C@@](C)(O)C(=O)O. The van der Waals surface area contributed by atoms with Gasteiger partial charge < -0.3 is 19.7 Å². The van der Waals surface area contributed by atoms with Gasteiger partial charge in [0.15, 0.2) is 6.29 Å².